The number of fused-ring (bicyclic) bond motifs is 2. The molecule has 1 aliphatic heterocycles. The quantitative estimate of drug-likeness (QED) is 0.151. The molecule has 1 aliphatic carbocycles. The lowest BCUT2D eigenvalue weighted by Gasteiger charge is -2.31. The number of rotatable bonds is 11. The molecule has 18 heteroatoms. The third-order valence-corrected chi connectivity index (χ3v) is 10.5. The van der Waals surface area contributed by atoms with E-state index in [1.807, 2.05) is 24.4 Å². The average Bonchev–Trinajstić information content (AvgIpc) is 3.74. The maximum absolute atomic E-state index is 13.3. The SMILES string of the molecule is CC(c1cnc([N+](=O)CO)n1C)N(c1cnc2cc(N3CCOCC3)nc(OC3CCC(Nc4ccn5nccc5n4)CC3)c2c1)S(C)(=O)=O. The van der Waals surface area contributed by atoms with Crippen molar-refractivity contribution in [3.8, 4) is 5.88 Å². The van der Waals surface area contributed by atoms with Crippen LogP contribution in [0, 0.1) is 4.91 Å². The van der Waals surface area contributed by atoms with Gasteiger partial charge in [0.1, 0.15) is 29.6 Å². The number of nitrogens with zero attached hydrogens (tertiary/aromatic N) is 10. The lowest BCUT2D eigenvalue weighted by Crippen LogP contribution is -2.37. The van der Waals surface area contributed by atoms with Crippen LogP contribution in [0.1, 0.15) is 44.3 Å². The fourth-order valence-electron chi connectivity index (χ4n) is 6.74. The number of ether oxygens (including phenoxy) is 2. The fraction of sp³-hybridized carbons (Fsp3) is 0.469. The van der Waals surface area contributed by atoms with E-state index >= 15 is 0 Å². The first-order chi connectivity index (χ1) is 24.1. The first-order valence-corrected chi connectivity index (χ1v) is 18.4. The van der Waals surface area contributed by atoms with Gasteiger partial charge in [-0.15, -0.1) is 0 Å². The van der Waals surface area contributed by atoms with E-state index < -0.39 is 22.8 Å². The topological polar surface area (TPSA) is 185 Å². The van der Waals surface area contributed by atoms with Gasteiger partial charge in [0.25, 0.3) is 0 Å². The second-order valence-corrected chi connectivity index (χ2v) is 14.5. The lowest BCUT2D eigenvalue weighted by atomic mass is 9.93. The highest BCUT2D eigenvalue weighted by Gasteiger charge is 2.33. The van der Waals surface area contributed by atoms with E-state index in [2.05, 4.69) is 25.3 Å². The van der Waals surface area contributed by atoms with E-state index in [0.717, 1.165) is 49.2 Å². The fourth-order valence-corrected chi connectivity index (χ4v) is 7.90. The van der Waals surface area contributed by atoms with Gasteiger partial charge in [0, 0.05) is 37.5 Å². The molecule has 0 bridgehead atoms. The van der Waals surface area contributed by atoms with Gasteiger partial charge in [-0.3, -0.25) is 9.29 Å². The van der Waals surface area contributed by atoms with Crippen LogP contribution in [0.15, 0.2) is 49.1 Å². The van der Waals surface area contributed by atoms with Crippen LogP contribution >= 0.6 is 0 Å². The van der Waals surface area contributed by atoms with Crippen LogP contribution in [0.5, 0.6) is 5.88 Å². The number of morpholine rings is 1. The number of nitroso groups, excluding NO2 is 1. The second-order valence-electron chi connectivity index (χ2n) is 12.6. The molecule has 1 saturated carbocycles. The first-order valence-electron chi connectivity index (χ1n) is 16.5. The summed E-state index contributed by atoms with van der Waals surface area (Å²) in [5.41, 5.74) is 2.15. The molecule has 6 heterocycles. The Kier molecular flexibility index (Phi) is 9.23. The van der Waals surface area contributed by atoms with Crippen LogP contribution in [0.4, 0.5) is 23.3 Å². The van der Waals surface area contributed by atoms with Crippen molar-refractivity contribution in [3.63, 3.8) is 0 Å². The van der Waals surface area contributed by atoms with Crippen molar-refractivity contribution < 1.29 is 27.8 Å². The van der Waals surface area contributed by atoms with Gasteiger partial charge in [0.15, 0.2) is 5.65 Å². The Balaban J connectivity index is 1.18. The number of nitrogens with one attached hydrogen (secondary N) is 1. The van der Waals surface area contributed by atoms with Crippen molar-refractivity contribution in [2.45, 2.75) is 50.8 Å². The molecule has 7 rings (SSSR count). The zero-order valence-electron chi connectivity index (χ0n) is 28.1. The Hall–Kier alpha value is -4.94. The Morgan fingerprint density at radius 3 is 2.64 bits per heavy atom. The standard InChI is InChI=1S/C32H40N11O6S/c1-21(27-19-34-32(39(27)2)42(45)20-44)43(50(3,46)47)23-16-25-26(33-18-23)17-30(40-12-14-48-15-13-40)38-31(25)49-24-6-4-22(5-7-24)36-28-9-11-41-29(37-28)8-10-35-41/h8-11,16-19,21-22,24,44H,4-7,12-15,20H2,1-3H3,(H,36,37)/q+1. The Morgan fingerprint density at radius 2 is 1.90 bits per heavy atom. The van der Waals surface area contributed by atoms with Gasteiger partial charge in [-0.2, -0.15) is 10.1 Å². The van der Waals surface area contributed by atoms with Crippen molar-refractivity contribution in [2.24, 2.45) is 7.05 Å². The number of sulfonamides is 1. The third kappa shape index (κ3) is 6.77. The van der Waals surface area contributed by atoms with Crippen molar-refractivity contribution in [1.29, 1.82) is 0 Å². The number of aromatic nitrogens is 7. The minimum atomic E-state index is -3.86. The highest BCUT2D eigenvalue weighted by atomic mass is 32.2. The summed E-state index contributed by atoms with van der Waals surface area (Å²) in [7, 11) is -2.27. The van der Waals surface area contributed by atoms with Gasteiger partial charge in [-0.1, -0.05) is 9.89 Å². The summed E-state index contributed by atoms with van der Waals surface area (Å²) < 4.78 is 43.6. The average molecular weight is 707 g/mol. The molecule has 1 saturated heterocycles. The summed E-state index contributed by atoms with van der Waals surface area (Å²) >= 11 is 0. The summed E-state index contributed by atoms with van der Waals surface area (Å²) in [6.07, 6.45) is 10.8. The van der Waals surface area contributed by atoms with Crippen LogP contribution < -0.4 is 19.3 Å². The predicted molar refractivity (Wildman–Crippen MR) is 185 cm³/mol. The smallest absolute Gasteiger partial charge is 0.437 e. The van der Waals surface area contributed by atoms with Gasteiger partial charge in [0.2, 0.25) is 22.6 Å². The summed E-state index contributed by atoms with van der Waals surface area (Å²) in [4.78, 5) is 32.7. The highest BCUT2D eigenvalue weighted by Crippen LogP contribution is 2.37. The molecular weight excluding hydrogens is 666 g/mol. The van der Waals surface area contributed by atoms with E-state index in [4.69, 9.17) is 19.4 Å². The lowest BCUT2D eigenvalue weighted by molar-refractivity contribution is -0.513. The normalized spacial score (nSPS) is 19.1. The van der Waals surface area contributed by atoms with E-state index in [1.54, 1.807) is 30.8 Å². The molecule has 264 valence electrons. The van der Waals surface area contributed by atoms with Gasteiger partial charge in [-0.05, 0) is 49.5 Å². The molecule has 1 atom stereocenters. The molecule has 0 spiro atoms. The summed E-state index contributed by atoms with van der Waals surface area (Å²) in [6.45, 7) is 3.43. The maximum Gasteiger partial charge on any atom is 0.437 e. The molecule has 0 amide bonds. The monoisotopic (exact) mass is 706 g/mol. The van der Waals surface area contributed by atoms with Crippen LogP contribution in [-0.2, 0) is 21.8 Å². The zero-order chi connectivity index (χ0) is 35.0. The maximum atomic E-state index is 13.3. The second kappa shape index (κ2) is 13.8. The van der Waals surface area contributed by atoms with E-state index in [1.165, 1.54) is 21.3 Å². The van der Waals surface area contributed by atoms with Crippen molar-refractivity contribution in [1.82, 2.24) is 34.1 Å². The molecule has 1 unspecified atom stereocenters. The number of hydrogen-bond acceptors (Lipinski definition) is 13. The Labute approximate surface area is 288 Å². The molecule has 50 heavy (non-hydrogen) atoms. The molecule has 17 nitrogen and oxygen atoms in total. The van der Waals surface area contributed by atoms with Crippen LogP contribution in [0.2, 0.25) is 0 Å². The van der Waals surface area contributed by atoms with E-state index in [0.29, 0.717) is 59.2 Å². The predicted octanol–water partition coefficient (Wildman–Crippen LogP) is 2.93. The molecule has 2 aliphatic rings. The van der Waals surface area contributed by atoms with Gasteiger partial charge >= 0.3 is 5.95 Å². The number of imidazole rings is 1. The van der Waals surface area contributed by atoms with Gasteiger partial charge < -0.3 is 24.8 Å². The van der Waals surface area contributed by atoms with Crippen molar-refractivity contribution in [2.75, 3.05) is 53.8 Å². The molecule has 2 fully saturated rings. The number of anilines is 3. The summed E-state index contributed by atoms with van der Waals surface area (Å²) in [5.74, 6) is 1.86. The molecule has 5 aromatic heterocycles. The van der Waals surface area contributed by atoms with Gasteiger partial charge in [0.05, 0.1) is 61.5 Å². The highest BCUT2D eigenvalue weighted by molar-refractivity contribution is 7.92. The van der Waals surface area contributed by atoms with Gasteiger partial charge in [-0.25, -0.2) is 22.5 Å². The third-order valence-electron chi connectivity index (χ3n) is 9.26. The minimum Gasteiger partial charge on any atom is -0.474 e. The van der Waals surface area contributed by atoms with E-state index in [9.17, 15) is 18.4 Å². The number of hydrogen-bond donors (Lipinski definition) is 2. The Bertz CT molecular complexity index is 2120. The largest absolute Gasteiger partial charge is 0.474 e. The van der Waals surface area contributed by atoms with Crippen molar-refractivity contribution >= 4 is 49.8 Å². The van der Waals surface area contributed by atoms with E-state index in [-0.39, 0.29) is 18.1 Å². The van der Waals surface area contributed by atoms with Crippen LogP contribution in [0.25, 0.3) is 16.6 Å². The zero-order valence-corrected chi connectivity index (χ0v) is 28.9. The molecule has 2 N–H and O–H groups in total. The Morgan fingerprint density at radius 1 is 1.12 bits per heavy atom. The summed E-state index contributed by atoms with van der Waals surface area (Å²) in [5, 5.41) is 17.7. The van der Waals surface area contributed by atoms with Crippen molar-refractivity contribution in [3.05, 3.63) is 59.7 Å². The number of aliphatic hydroxyl groups is 1. The molecular formula is C32H40N11O6S+. The first kappa shape index (κ1) is 33.6. The molecule has 5 aromatic rings. The summed E-state index contributed by atoms with van der Waals surface area (Å²) in [6, 6.07) is 6.86. The minimum absolute atomic E-state index is 0.0458. The molecule has 0 aromatic carbocycles. The molecule has 0 radical (unpaired) electrons. The van der Waals surface area contributed by atoms with Crippen LogP contribution in [0.3, 0.4) is 0 Å². The number of aliphatic hydroxyl groups excluding tert-OH is 1. The number of pyridine rings is 2. The van der Waals surface area contributed by atoms with Crippen LogP contribution in [-0.4, -0.2) is 104 Å².